The molecule has 10 heteroatoms. The summed E-state index contributed by atoms with van der Waals surface area (Å²) in [5.41, 5.74) is 0.929. The van der Waals surface area contributed by atoms with Gasteiger partial charge < -0.3 is 30.1 Å². The minimum absolute atomic E-state index is 0.103. The Balaban J connectivity index is 2.25. The van der Waals surface area contributed by atoms with Crippen molar-refractivity contribution in [2.45, 2.75) is 65.5 Å². The maximum absolute atomic E-state index is 13.5. The van der Waals surface area contributed by atoms with Crippen LogP contribution in [0.1, 0.15) is 40.2 Å². The van der Waals surface area contributed by atoms with E-state index in [-0.39, 0.29) is 18.6 Å². The number of hydrogen-bond acceptors (Lipinski definition) is 6. The monoisotopic (exact) mass is 463 g/mol. The number of benzene rings is 1. The predicted octanol–water partition coefficient (Wildman–Crippen LogP) is 1.74. The van der Waals surface area contributed by atoms with Gasteiger partial charge in [0.1, 0.15) is 24.9 Å². The van der Waals surface area contributed by atoms with Crippen molar-refractivity contribution in [3.8, 4) is 0 Å². The fourth-order valence-electron chi connectivity index (χ4n) is 3.68. The third-order valence-electron chi connectivity index (χ3n) is 5.40. The van der Waals surface area contributed by atoms with Gasteiger partial charge >= 0.3 is 12.1 Å². The number of carboxylic acid groups (broad SMARTS) is 1. The van der Waals surface area contributed by atoms with Crippen molar-refractivity contribution in [3.63, 3.8) is 0 Å². The fourth-order valence-corrected chi connectivity index (χ4v) is 3.68. The average Bonchev–Trinajstić information content (AvgIpc) is 3.11. The highest BCUT2D eigenvalue weighted by Gasteiger charge is 2.43. The van der Waals surface area contributed by atoms with Crippen LogP contribution < -0.4 is 10.6 Å². The summed E-state index contributed by atoms with van der Waals surface area (Å²) < 4.78 is 10.9. The standard InChI is InChI=1S/C23H33N3O7/c1-13(2)18(25-23(30)31)20(28)24-19(14(3)4)21(29)26-12-32-22(33-15(5)27)17(26)11-16-9-7-6-8-10-16/h6-10,13-14,17-19,22,25H,11-12H2,1-5H3,(H,24,28)(H,30,31). The third kappa shape index (κ3) is 7.18. The second-order valence-corrected chi connectivity index (χ2v) is 8.74. The van der Waals surface area contributed by atoms with Crippen LogP contribution in [0.15, 0.2) is 30.3 Å². The van der Waals surface area contributed by atoms with Gasteiger partial charge in [-0.15, -0.1) is 0 Å². The van der Waals surface area contributed by atoms with Crippen molar-refractivity contribution in [1.29, 1.82) is 0 Å². The van der Waals surface area contributed by atoms with E-state index in [2.05, 4.69) is 10.6 Å². The van der Waals surface area contributed by atoms with Crippen LogP contribution in [0.25, 0.3) is 0 Å². The Bertz CT molecular complexity index is 844. The highest BCUT2D eigenvalue weighted by atomic mass is 16.7. The van der Waals surface area contributed by atoms with Crippen LogP contribution in [-0.2, 0) is 30.3 Å². The van der Waals surface area contributed by atoms with Gasteiger partial charge in [0.2, 0.25) is 18.1 Å². The van der Waals surface area contributed by atoms with Gasteiger partial charge in [0.25, 0.3) is 0 Å². The zero-order chi connectivity index (χ0) is 24.7. The normalized spacial score (nSPS) is 19.8. The Morgan fingerprint density at radius 3 is 2.18 bits per heavy atom. The molecular formula is C23H33N3O7. The van der Waals surface area contributed by atoms with Gasteiger partial charge in [0.05, 0.1) is 0 Å². The molecule has 4 unspecified atom stereocenters. The molecule has 0 aromatic heterocycles. The van der Waals surface area contributed by atoms with Crippen LogP contribution in [0.5, 0.6) is 0 Å². The molecule has 33 heavy (non-hydrogen) atoms. The molecule has 3 N–H and O–H groups in total. The molecule has 1 aliphatic heterocycles. The molecule has 1 saturated heterocycles. The number of carbonyl (C=O) groups is 4. The summed E-state index contributed by atoms with van der Waals surface area (Å²) in [7, 11) is 0. The van der Waals surface area contributed by atoms with E-state index in [1.54, 1.807) is 27.7 Å². The summed E-state index contributed by atoms with van der Waals surface area (Å²) in [5, 5.41) is 14.0. The van der Waals surface area contributed by atoms with Crippen LogP contribution in [0.3, 0.4) is 0 Å². The Kier molecular flexibility index (Phi) is 9.22. The number of hydrogen-bond donors (Lipinski definition) is 3. The van der Waals surface area contributed by atoms with Crippen LogP contribution in [0.4, 0.5) is 4.79 Å². The minimum atomic E-state index is -1.32. The van der Waals surface area contributed by atoms with Gasteiger partial charge in [-0.2, -0.15) is 0 Å². The quantitative estimate of drug-likeness (QED) is 0.475. The van der Waals surface area contributed by atoms with E-state index in [4.69, 9.17) is 14.6 Å². The Labute approximate surface area is 193 Å². The van der Waals surface area contributed by atoms with Crippen LogP contribution >= 0.6 is 0 Å². The zero-order valence-electron chi connectivity index (χ0n) is 19.6. The molecule has 0 saturated carbocycles. The summed E-state index contributed by atoms with van der Waals surface area (Å²) >= 11 is 0. The third-order valence-corrected chi connectivity index (χ3v) is 5.40. The van der Waals surface area contributed by atoms with Crippen molar-refractivity contribution in [2.75, 3.05) is 6.73 Å². The molecule has 182 valence electrons. The van der Waals surface area contributed by atoms with E-state index in [9.17, 15) is 19.2 Å². The molecule has 1 aliphatic rings. The largest absolute Gasteiger partial charge is 0.465 e. The smallest absolute Gasteiger partial charge is 0.405 e. The van der Waals surface area contributed by atoms with Crippen molar-refractivity contribution in [1.82, 2.24) is 15.5 Å². The number of nitrogens with zero attached hydrogens (tertiary/aromatic N) is 1. The van der Waals surface area contributed by atoms with Gasteiger partial charge in [-0.05, 0) is 23.8 Å². The maximum Gasteiger partial charge on any atom is 0.405 e. The molecule has 1 aromatic carbocycles. The minimum Gasteiger partial charge on any atom is -0.465 e. The van der Waals surface area contributed by atoms with Crippen LogP contribution in [0, 0.1) is 11.8 Å². The first-order chi connectivity index (χ1) is 15.5. The first-order valence-electron chi connectivity index (χ1n) is 10.9. The van der Waals surface area contributed by atoms with Crippen molar-refractivity contribution in [3.05, 3.63) is 35.9 Å². The molecule has 1 heterocycles. The van der Waals surface area contributed by atoms with Crippen molar-refractivity contribution in [2.24, 2.45) is 11.8 Å². The van der Waals surface area contributed by atoms with E-state index in [1.165, 1.54) is 11.8 Å². The predicted molar refractivity (Wildman–Crippen MR) is 119 cm³/mol. The summed E-state index contributed by atoms with van der Waals surface area (Å²) in [4.78, 5) is 50.5. The second-order valence-electron chi connectivity index (χ2n) is 8.74. The summed E-state index contributed by atoms with van der Waals surface area (Å²) in [5.74, 6) is -2.12. The topological polar surface area (TPSA) is 134 Å². The summed E-state index contributed by atoms with van der Waals surface area (Å²) in [6.07, 6.45) is -1.87. The molecule has 1 fully saturated rings. The molecule has 0 spiro atoms. The second kappa shape index (κ2) is 11.6. The Morgan fingerprint density at radius 2 is 1.67 bits per heavy atom. The molecule has 4 atom stereocenters. The van der Waals surface area contributed by atoms with Crippen molar-refractivity contribution >= 4 is 23.9 Å². The summed E-state index contributed by atoms with van der Waals surface area (Å²) in [6.45, 7) is 8.15. The highest BCUT2D eigenvalue weighted by molar-refractivity contribution is 5.91. The number of ether oxygens (including phenoxy) is 2. The molecule has 0 bridgehead atoms. The Hall–Kier alpha value is -3.14. The average molecular weight is 464 g/mol. The van der Waals surface area contributed by atoms with Gasteiger partial charge in [-0.3, -0.25) is 14.4 Å². The first-order valence-corrected chi connectivity index (χ1v) is 10.9. The highest BCUT2D eigenvalue weighted by Crippen LogP contribution is 2.25. The molecule has 2 rings (SSSR count). The maximum atomic E-state index is 13.5. The van der Waals surface area contributed by atoms with Crippen molar-refractivity contribution < 1.29 is 33.8 Å². The van der Waals surface area contributed by atoms with E-state index < -0.39 is 48.3 Å². The lowest BCUT2D eigenvalue weighted by Gasteiger charge is -2.32. The molecule has 1 aromatic rings. The van der Waals surface area contributed by atoms with E-state index >= 15 is 0 Å². The van der Waals surface area contributed by atoms with Gasteiger partial charge in [0, 0.05) is 6.92 Å². The molecule has 0 radical (unpaired) electrons. The Morgan fingerprint density at radius 1 is 1.06 bits per heavy atom. The van der Waals surface area contributed by atoms with Gasteiger partial charge in [0.15, 0.2) is 0 Å². The van der Waals surface area contributed by atoms with Gasteiger partial charge in [-0.25, -0.2) is 4.79 Å². The first kappa shape index (κ1) is 26.1. The fraction of sp³-hybridized carbons (Fsp3) is 0.565. The number of nitrogens with one attached hydrogen (secondary N) is 2. The van der Waals surface area contributed by atoms with Crippen LogP contribution in [0.2, 0.25) is 0 Å². The van der Waals surface area contributed by atoms with Crippen LogP contribution in [-0.4, -0.2) is 65.0 Å². The number of esters is 1. The summed E-state index contributed by atoms with van der Waals surface area (Å²) in [6, 6.07) is 6.90. The van der Waals surface area contributed by atoms with E-state index in [1.807, 2.05) is 30.3 Å². The molecule has 3 amide bonds. The van der Waals surface area contributed by atoms with E-state index in [0.29, 0.717) is 6.42 Å². The number of amides is 3. The molecule has 0 aliphatic carbocycles. The lowest BCUT2D eigenvalue weighted by molar-refractivity contribution is -0.169. The lowest BCUT2D eigenvalue weighted by Crippen LogP contribution is -2.58. The lowest BCUT2D eigenvalue weighted by atomic mass is 9.98. The number of carbonyl (C=O) groups excluding carboxylic acids is 3. The van der Waals surface area contributed by atoms with E-state index in [0.717, 1.165) is 5.56 Å². The molecule has 10 nitrogen and oxygen atoms in total. The number of rotatable bonds is 9. The van der Waals surface area contributed by atoms with Gasteiger partial charge in [-0.1, -0.05) is 58.0 Å². The zero-order valence-corrected chi connectivity index (χ0v) is 19.6. The molecular weight excluding hydrogens is 430 g/mol. The SMILES string of the molecule is CC(=O)OC1OCN(C(=O)C(NC(=O)C(NC(=O)O)C(C)C)C(C)C)C1Cc1ccccc1.